The van der Waals surface area contributed by atoms with Crippen LogP contribution in [0.2, 0.25) is 5.02 Å². The van der Waals surface area contributed by atoms with Crippen LogP contribution in [0.1, 0.15) is 17.3 Å². The number of carboxylic acids is 1. The van der Waals surface area contributed by atoms with E-state index in [1.54, 1.807) is 24.3 Å². The van der Waals surface area contributed by atoms with Gasteiger partial charge in [-0.25, -0.2) is 9.79 Å². The third kappa shape index (κ3) is 3.27. The van der Waals surface area contributed by atoms with E-state index in [1.807, 2.05) is 29.6 Å². The van der Waals surface area contributed by atoms with Crippen LogP contribution < -0.4 is 4.80 Å². The molecular formula is C18H15ClN2O2S. The summed E-state index contributed by atoms with van der Waals surface area (Å²) in [4.78, 5) is 16.4. The maximum absolute atomic E-state index is 10.9. The molecule has 0 saturated heterocycles. The highest BCUT2D eigenvalue weighted by Gasteiger charge is 2.10. The van der Waals surface area contributed by atoms with Crippen LogP contribution >= 0.6 is 22.9 Å². The summed E-state index contributed by atoms with van der Waals surface area (Å²) < 4.78 is 2.09. The van der Waals surface area contributed by atoms with Crippen LogP contribution in [-0.2, 0) is 6.54 Å². The van der Waals surface area contributed by atoms with E-state index in [0.717, 1.165) is 28.3 Å². The Kier molecular flexibility index (Phi) is 4.83. The number of thiazole rings is 1. The molecule has 0 atom stereocenters. The van der Waals surface area contributed by atoms with E-state index in [-0.39, 0.29) is 5.56 Å². The molecule has 0 aliphatic rings. The van der Waals surface area contributed by atoms with Crippen molar-refractivity contribution in [2.45, 2.75) is 13.5 Å². The largest absolute Gasteiger partial charge is 0.478 e. The van der Waals surface area contributed by atoms with Gasteiger partial charge in [0.25, 0.3) is 0 Å². The average molecular weight is 359 g/mol. The molecule has 0 unspecified atom stereocenters. The fraction of sp³-hybridized carbons (Fsp3) is 0.111. The molecule has 6 heteroatoms. The molecule has 24 heavy (non-hydrogen) atoms. The summed E-state index contributed by atoms with van der Waals surface area (Å²) >= 11 is 7.84. The Bertz CT molecular complexity index is 942. The minimum atomic E-state index is -0.942. The molecular weight excluding hydrogens is 344 g/mol. The number of aromatic nitrogens is 1. The lowest BCUT2D eigenvalue weighted by molar-refractivity contribution is 0.0697. The van der Waals surface area contributed by atoms with Gasteiger partial charge in [0.05, 0.1) is 16.9 Å². The number of hydrogen-bond donors (Lipinski definition) is 1. The zero-order valence-corrected chi connectivity index (χ0v) is 14.5. The van der Waals surface area contributed by atoms with Gasteiger partial charge in [-0.2, -0.15) is 0 Å². The highest BCUT2D eigenvalue weighted by atomic mass is 35.5. The summed E-state index contributed by atoms with van der Waals surface area (Å²) in [5.74, 6) is -0.942. The van der Waals surface area contributed by atoms with E-state index in [1.165, 1.54) is 11.3 Å². The van der Waals surface area contributed by atoms with Crippen molar-refractivity contribution in [2.24, 2.45) is 4.99 Å². The van der Waals surface area contributed by atoms with Crippen LogP contribution in [-0.4, -0.2) is 15.6 Å². The van der Waals surface area contributed by atoms with E-state index in [0.29, 0.717) is 5.02 Å². The third-order valence-electron chi connectivity index (χ3n) is 3.60. The Morgan fingerprint density at radius 1 is 1.21 bits per heavy atom. The number of rotatable bonds is 4. The second kappa shape index (κ2) is 7.03. The fourth-order valence-corrected chi connectivity index (χ4v) is 3.61. The zero-order chi connectivity index (χ0) is 17.1. The molecule has 122 valence electrons. The lowest BCUT2D eigenvalue weighted by atomic mass is 10.2. The number of nitrogens with zero attached hydrogens (tertiary/aromatic N) is 2. The molecule has 0 fully saturated rings. The van der Waals surface area contributed by atoms with Crippen molar-refractivity contribution in [2.75, 3.05) is 0 Å². The quantitative estimate of drug-likeness (QED) is 0.726. The lowest BCUT2D eigenvalue weighted by Gasteiger charge is -2.07. The first-order valence-corrected chi connectivity index (χ1v) is 8.67. The minimum absolute atomic E-state index is 0.250. The first-order chi connectivity index (χ1) is 11.6. The summed E-state index contributed by atoms with van der Waals surface area (Å²) in [6.45, 7) is 2.82. The van der Waals surface area contributed by atoms with Crippen molar-refractivity contribution in [1.82, 2.24) is 4.57 Å². The molecule has 2 aromatic carbocycles. The van der Waals surface area contributed by atoms with Crippen LogP contribution in [0.5, 0.6) is 0 Å². The summed E-state index contributed by atoms with van der Waals surface area (Å²) in [6, 6.07) is 14.2. The predicted octanol–water partition coefficient (Wildman–Crippen LogP) is 4.82. The van der Waals surface area contributed by atoms with Crippen molar-refractivity contribution >= 4 is 34.6 Å². The standard InChI is InChI=1S/C18H15ClN2O2S/c1-2-21-16(14-5-3-4-6-15(14)19)11-24-18(21)20-13-9-7-12(8-10-13)17(22)23/h3-11H,2H2,1H3,(H,22,23). The second-order valence-electron chi connectivity index (χ2n) is 5.09. The molecule has 3 aromatic rings. The number of benzene rings is 2. The molecule has 0 amide bonds. The minimum Gasteiger partial charge on any atom is -0.478 e. The van der Waals surface area contributed by atoms with Crippen LogP contribution in [0.25, 0.3) is 11.3 Å². The van der Waals surface area contributed by atoms with Gasteiger partial charge in [-0.05, 0) is 37.3 Å². The van der Waals surface area contributed by atoms with E-state index in [9.17, 15) is 4.79 Å². The molecule has 1 heterocycles. The van der Waals surface area contributed by atoms with Crippen molar-refractivity contribution in [1.29, 1.82) is 0 Å². The molecule has 0 radical (unpaired) electrons. The number of aromatic carboxylic acids is 1. The molecule has 1 aromatic heterocycles. The molecule has 0 bridgehead atoms. The van der Waals surface area contributed by atoms with Gasteiger partial charge in [0.2, 0.25) is 0 Å². The molecule has 4 nitrogen and oxygen atoms in total. The van der Waals surface area contributed by atoms with Gasteiger partial charge < -0.3 is 9.67 Å². The molecule has 3 rings (SSSR count). The van der Waals surface area contributed by atoms with Gasteiger partial charge >= 0.3 is 5.97 Å². The van der Waals surface area contributed by atoms with Gasteiger partial charge in [-0.3, -0.25) is 0 Å². The van der Waals surface area contributed by atoms with Gasteiger partial charge in [-0.1, -0.05) is 29.8 Å². The smallest absolute Gasteiger partial charge is 0.335 e. The summed E-state index contributed by atoms with van der Waals surface area (Å²) in [5.41, 5.74) is 2.96. The van der Waals surface area contributed by atoms with Crippen LogP contribution in [0, 0.1) is 0 Å². The number of carbonyl (C=O) groups is 1. The average Bonchev–Trinajstić information content (AvgIpc) is 2.98. The van der Waals surface area contributed by atoms with Crippen LogP contribution in [0.4, 0.5) is 5.69 Å². The van der Waals surface area contributed by atoms with E-state index in [4.69, 9.17) is 16.7 Å². The molecule has 0 spiro atoms. The first kappa shape index (κ1) is 16.5. The second-order valence-corrected chi connectivity index (χ2v) is 6.34. The maximum Gasteiger partial charge on any atom is 0.335 e. The van der Waals surface area contributed by atoms with Crippen molar-refractivity contribution in [3.8, 4) is 11.3 Å². The third-order valence-corrected chi connectivity index (χ3v) is 4.80. The summed E-state index contributed by atoms with van der Waals surface area (Å²) in [7, 11) is 0. The molecule has 0 saturated carbocycles. The topological polar surface area (TPSA) is 54.6 Å². The van der Waals surface area contributed by atoms with Gasteiger partial charge in [0.1, 0.15) is 0 Å². The predicted molar refractivity (Wildman–Crippen MR) is 97.1 cm³/mol. The fourth-order valence-electron chi connectivity index (χ4n) is 2.40. The number of hydrogen-bond acceptors (Lipinski definition) is 3. The Morgan fingerprint density at radius 2 is 1.92 bits per heavy atom. The maximum atomic E-state index is 10.9. The van der Waals surface area contributed by atoms with Gasteiger partial charge in [0.15, 0.2) is 4.80 Å². The van der Waals surface area contributed by atoms with Crippen molar-refractivity contribution in [3.05, 3.63) is 69.3 Å². The highest BCUT2D eigenvalue weighted by molar-refractivity contribution is 7.07. The van der Waals surface area contributed by atoms with Crippen LogP contribution in [0.3, 0.4) is 0 Å². The SMILES string of the molecule is CCn1c(-c2ccccc2Cl)csc1=Nc1ccc(C(=O)O)cc1. The normalized spacial score (nSPS) is 11.7. The molecule has 0 aliphatic carbocycles. The van der Waals surface area contributed by atoms with E-state index >= 15 is 0 Å². The Labute approximate surface area is 148 Å². The Hall–Kier alpha value is -2.37. The zero-order valence-electron chi connectivity index (χ0n) is 12.9. The summed E-state index contributed by atoms with van der Waals surface area (Å²) in [6.07, 6.45) is 0. The summed E-state index contributed by atoms with van der Waals surface area (Å²) in [5, 5.41) is 11.7. The van der Waals surface area contributed by atoms with Crippen molar-refractivity contribution in [3.63, 3.8) is 0 Å². The monoisotopic (exact) mass is 358 g/mol. The van der Waals surface area contributed by atoms with Crippen LogP contribution in [0.15, 0.2) is 58.9 Å². The van der Waals surface area contributed by atoms with Gasteiger partial charge in [0, 0.05) is 22.5 Å². The Morgan fingerprint density at radius 3 is 2.54 bits per heavy atom. The number of halogens is 1. The Balaban J connectivity index is 2.06. The highest BCUT2D eigenvalue weighted by Crippen LogP contribution is 2.28. The van der Waals surface area contributed by atoms with Crippen molar-refractivity contribution < 1.29 is 9.90 Å². The first-order valence-electron chi connectivity index (χ1n) is 7.41. The molecule has 0 aliphatic heterocycles. The van der Waals surface area contributed by atoms with Gasteiger partial charge in [-0.15, -0.1) is 11.3 Å². The lowest BCUT2D eigenvalue weighted by Crippen LogP contribution is -2.14. The number of carboxylic acid groups (broad SMARTS) is 1. The molecule has 1 N–H and O–H groups in total. The van der Waals surface area contributed by atoms with E-state index < -0.39 is 5.97 Å². The van der Waals surface area contributed by atoms with E-state index in [2.05, 4.69) is 16.5 Å².